The monoisotopic (exact) mass is 404 g/mol. The van der Waals surface area contributed by atoms with Crippen molar-refractivity contribution in [1.82, 2.24) is 0 Å². The lowest BCUT2D eigenvalue weighted by atomic mass is 10.1. The number of carbonyl (C=O) groups is 1. The second-order valence-corrected chi connectivity index (χ2v) is 7.44. The Hall–Kier alpha value is -0.890. The summed E-state index contributed by atoms with van der Waals surface area (Å²) in [5, 5.41) is 0.616. The van der Waals surface area contributed by atoms with Crippen LogP contribution in [-0.2, 0) is 35.1 Å². The van der Waals surface area contributed by atoms with Crippen LogP contribution in [0.3, 0.4) is 0 Å². The van der Waals surface area contributed by atoms with Crippen molar-refractivity contribution in [1.29, 1.82) is 0 Å². The van der Waals surface area contributed by atoms with Crippen LogP contribution in [0.5, 0.6) is 0 Å². The van der Waals surface area contributed by atoms with Crippen LogP contribution in [0.15, 0.2) is 24.3 Å². The highest BCUT2D eigenvalue weighted by Gasteiger charge is 2.57. The average molecular weight is 405 g/mol. The summed E-state index contributed by atoms with van der Waals surface area (Å²) in [6.07, 6.45) is -2.64. The van der Waals surface area contributed by atoms with Crippen molar-refractivity contribution in [2.75, 3.05) is 5.88 Å². The van der Waals surface area contributed by atoms with Gasteiger partial charge in [0.2, 0.25) is 0 Å². The number of esters is 1. The Balaban J connectivity index is 1.74. The van der Waals surface area contributed by atoms with Gasteiger partial charge in [0.05, 0.1) is 6.61 Å². The number of benzene rings is 1. The average Bonchev–Trinajstić information content (AvgIpc) is 3.06. The minimum Gasteiger partial charge on any atom is -0.459 e. The summed E-state index contributed by atoms with van der Waals surface area (Å²) in [4.78, 5) is 11.5. The van der Waals surface area contributed by atoms with Gasteiger partial charge in [-0.05, 0) is 32.4 Å². The molecule has 2 fully saturated rings. The molecule has 8 heteroatoms. The summed E-state index contributed by atoms with van der Waals surface area (Å²) < 4.78 is 29.0. The minimum atomic E-state index is -0.775. The van der Waals surface area contributed by atoms with E-state index in [-0.39, 0.29) is 12.5 Å². The van der Waals surface area contributed by atoms with E-state index in [1.165, 1.54) is 0 Å². The molecule has 2 aliphatic rings. The molecule has 0 spiro atoms. The second-order valence-electron chi connectivity index (χ2n) is 6.76. The Bertz CT molecular complexity index is 652. The van der Waals surface area contributed by atoms with Crippen molar-refractivity contribution in [3.8, 4) is 0 Å². The van der Waals surface area contributed by atoms with Crippen molar-refractivity contribution in [3.63, 3.8) is 0 Å². The van der Waals surface area contributed by atoms with Gasteiger partial charge < -0.3 is 23.7 Å². The first kappa shape index (κ1) is 19.9. The lowest BCUT2D eigenvalue weighted by molar-refractivity contribution is -0.231. The third kappa shape index (κ3) is 4.32. The number of hydrogen-bond acceptors (Lipinski definition) is 6. The SMILES string of the molecule is C[C@@H](OC(=O)CCl)[C@H]1O[C@@H]2OC(C)(C)O[C@@H]2[C@H]1OCc1ccccc1Cl. The van der Waals surface area contributed by atoms with Gasteiger partial charge in [-0.25, -0.2) is 0 Å². The highest BCUT2D eigenvalue weighted by atomic mass is 35.5. The topological polar surface area (TPSA) is 63.2 Å². The fourth-order valence-corrected chi connectivity index (χ4v) is 3.43. The van der Waals surface area contributed by atoms with Gasteiger partial charge in [-0.2, -0.15) is 0 Å². The molecule has 0 N–H and O–H groups in total. The predicted molar refractivity (Wildman–Crippen MR) is 95.0 cm³/mol. The number of alkyl halides is 1. The molecular weight excluding hydrogens is 383 g/mol. The van der Waals surface area contributed by atoms with Crippen LogP contribution in [0, 0.1) is 0 Å². The van der Waals surface area contributed by atoms with Gasteiger partial charge in [-0.1, -0.05) is 29.8 Å². The molecule has 5 atom stereocenters. The zero-order chi connectivity index (χ0) is 18.9. The van der Waals surface area contributed by atoms with E-state index in [4.69, 9.17) is 46.9 Å². The third-order valence-corrected chi connectivity index (χ3v) is 4.89. The Morgan fingerprint density at radius 2 is 2.04 bits per heavy atom. The number of ether oxygens (including phenoxy) is 5. The summed E-state index contributed by atoms with van der Waals surface area (Å²) in [7, 11) is 0. The van der Waals surface area contributed by atoms with Crippen LogP contribution in [0.4, 0.5) is 0 Å². The zero-order valence-corrected chi connectivity index (χ0v) is 16.3. The first-order valence-corrected chi connectivity index (χ1v) is 9.33. The number of carbonyl (C=O) groups excluding carboxylic acids is 1. The zero-order valence-electron chi connectivity index (χ0n) is 14.8. The Labute approximate surface area is 162 Å². The molecule has 2 aliphatic heterocycles. The molecule has 0 aromatic heterocycles. The summed E-state index contributed by atoms with van der Waals surface area (Å²) in [5.41, 5.74) is 0.847. The molecule has 1 aromatic rings. The van der Waals surface area contributed by atoms with Crippen molar-refractivity contribution >= 4 is 29.2 Å². The third-order valence-electron chi connectivity index (χ3n) is 4.31. The highest BCUT2D eigenvalue weighted by Crippen LogP contribution is 2.40. The molecular formula is C18H22Cl2O6. The van der Waals surface area contributed by atoms with E-state index in [2.05, 4.69) is 0 Å². The van der Waals surface area contributed by atoms with Crippen molar-refractivity contribution in [2.24, 2.45) is 0 Å². The second kappa shape index (κ2) is 8.00. The van der Waals surface area contributed by atoms with E-state index < -0.39 is 42.5 Å². The molecule has 2 heterocycles. The molecule has 26 heavy (non-hydrogen) atoms. The number of rotatable bonds is 6. The summed E-state index contributed by atoms with van der Waals surface area (Å²) in [5.74, 6) is -1.52. The van der Waals surface area contributed by atoms with Gasteiger partial charge in [-0.15, -0.1) is 11.6 Å². The van der Waals surface area contributed by atoms with Crippen LogP contribution in [0.1, 0.15) is 26.3 Å². The number of halogens is 2. The van der Waals surface area contributed by atoms with E-state index in [0.717, 1.165) is 5.56 Å². The fourth-order valence-electron chi connectivity index (χ4n) is 3.18. The van der Waals surface area contributed by atoms with Gasteiger partial charge in [0.1, 0.15) is 30.3 Å². The summed E-state index contributed by atoms with van der Waals surface area (Å²) >= 11 is 11.7. The van der Waals surface area contributed by atoms with E-state index in [1.54, 1.807) is 13.0 Å². The molecule has 0 saturated carbocycles. The van der Waals surface area contributed by atoms with Crippen molar-refractivity contribution in [3.05, 3.63) is 34.9 Å². The molecule has 0 radical (unpaired) electrons. The molecule has 0 aliphatic carbocycles. The van der Waals surface area contributed by atoms with E-state index in [9.17, 15) is 4.79 Å². The summed E-state index contributed by atoms with van der Waals surface area (Å²) in [6.45, 7) is 5.62. The molecule has 0 unspecified atom stereocenters. The van der Waals surface area contributed by atoms with Gasteiger partial charge in [0.15, 0.2) is 12.1 Å². The molecule has 3 rings (SSSR count). The lowest BCUT2D eigenvalue weighted by Crippen LogP contribution is -2.43. The van der Waals surface area contributed by atoms with Gasteiger partial charge in [0.25, 0.3) is 0 Å². The Morgan fingerprint density at radius 3 is 2.73 bits per heavy atom. The normalized spacial score (nSPS) is 30.8. The number of hydrogen-bond donors (Lipinski definition) is 0. The van der Waals surface area contributed by atoms with Crippen LogP contribution < -0.4 is 0 Å². The van der Waals surface area contributed by atoms with Crippen LogP contribution in [0.25, 0.3) is 0 Å². The molecule has 0 amide bonds. The van der Waals surface area contributed by atoms with Crippen LogP contribution in [-0.4, -0.2) is 48.3 Å². The van der Waals surface area contributed by atoms with Crippen molar-refractivity contribution < 1.29 is 28.5 Å². The largest absolute Gasteiger partial charge is 0.459 e. The van der Waals surface area contributed by atoms with Crippen molar-refractivity contribution in [2.45, 2.75) is 63.9 Å². The van der Waals surface area contributed by atoms with Gasteiger partial charge >= 0.3 is 5.97 Å². The smallest absolute Gasteiger partial charge is 0.321 e. The summed E-state index contributed by atoms with van der Waals surface area (Å²) in [6, 6.07) is 7.43. The minimum absolute atomic E-state index is 0.227. The quantitative estimate of drug-likeness (QED) is 0.535. The highest BCUT2D eigenvalue weighted by molar-refractivity contribution is 6.31. The van der Waals surface area contributed by atoms with E-state index in [0.29, 0.717) is 5.02 Å². The number of fused-ring (bicyclic) bond motifs is 1. The first-order valence-electron chi connectivity index (χ1n) is 8.42. The van der Waals surface area contributed by atoms with Gasteiger partial charge in [0, 0.05) is 5.02 Å². The predicted octanol–water partition coefficient (Wildman–Crippen LogP) is 3.27. The lowest BCUT2D eigenvalue weighted by Gasteiger charge is -2.29. The van der Waals surface area contributed by atoms with E-state index in [1.807, 2.05) is 32.0 Å². The fraction of sp³-hybridized carbons (Fsp3) is 0.611. The molecule has 2 saturated heterocycles. The Kier molecular flexibility index (Phi) is 6.11. The molecule has 144 valence electrons. The van der Waals surface area contributed by atoms with Gasteiger partial charge in [-0.3, -0.25) is 4.79 Å². The Morgan fingerprint density at radius 1 is 1.31 bits per heavy atom. The maximum absolute atomic E-state index is 11.5. The maximum Gasteiger partial charge on any atom is 0.321 e. The van der Waals surface area contributed by atoms with Crippen LogP contribution >= 0.6 is 23.2 Å². The van der Waals surface area contributed by atoms with E-state index >= 15 is 0 Å². The molecule has 1 aromatic carbocycles. The molecule has 0 bridgehead atoms. The maximum atomic E-state index is 11.5. The van der Waals surface area contributed by atoms with Crippen LogP contribution in [0.2, 0.25) is 5.02 Å². The standard InChI is InChI=1S/C18H22Cl2O6/c1-10(23-13(21)8-19)14-15(16-17(24-14)26-18(2,3)25-16)22-9-11-6-4-5-7-12(11)20/h4-7,10,14-17H,8-9H2,1-3H3/t10-,14-,15+,16-,17-/m1/s1. The molecule has 6 nitrogen and oxygen atoms in total. The first-order chi connectivity index (χ1) is 12.3.